The topological polar surface area (TPSA) is 105 Å². The number of nitrogens with one attached hydrogen (secondary N) is 2. The molecule has 1 saturated heterocycles. The third kappa shape index (κ3) is 5.22. The number of hydrogen-bond donors (Lipinski definition) is 3. The second-order valence-corrected chi connectivity index (χ2v) is 6.70. The van der Waals surface area contributed by atoms with E-state index in [1.54, 1.807) is 0 Å². The average Bonchev–Trinajstić information content (AvgIpc) is 2.41. The molecule has 0 aliphatic carbocycles. The number of sulfonamides is 1. The first-order valence-corrected chi connectivity index (χ1v) is 8.28. The molecule has 2 rings (SSSR count). The Morgan fingerprint density at radius 3 is 2.59 bits per heavy atom. The molecule has 0 aromatic heterocycles. The van der Waals surface area contributed by atoms with Crippen molar-refractivity contribution in [1.29, 1.82) is 0 Å². The van der Waals surface area contributed by atoms with Crippen LogP contribution >= 0.6 is 12.4 Å². The standard InChI is InChI=1S/C13H20N4O3S.ClH/c1-10-8-15-6-7-17(10)9-13(18)16-11-2-4-12(5-3-11)21(14,19)20;/h2-5,10,15H,6-9H2,1H3,(H,16,18)(H2,14,19,20);1H/t10-;/m1./s1. The van der Waals surface area contributed by atoms with Gasteiger partial charge in [-0.1, -0.05) is 0 Å². The molecule has 1 atom stereocenters. The number of rotatable bonds is 4. The largest absolute Gasteiger partial charge is 0.325 e. The summed E-state index contributed by atoms with van der Waals surface area (Å²) in [6, 6.07) is 6.11. The summed E-state index contributed by atoms with van der Waals surface area (Å²) in [5.74, 6) is -0.118. The molecule has 7 nitrogen and oxygen atoms in total. The molecule has 1 fully saturated rings. The fourth-order valence-corrected chi connectivity index (χ4v) is 2.75. The van der Waals surface area contributed by atoms with Crippen LogP contribution in [0, 0.1) is 0 Å². The molecule has 124 valence electrons. The molecule has 0 unspecified atom stereocenters. The van der Waals surface area contributed by atoms with Crippen molar-refractivity contribution in [2.75, 3.05) is 31.5 Å². The van der Waals surface area contributed by atoms with Gasteiger partial charge in [-0.3, -0.25) is 9.69 Å². The zero-order valence-corrected chi connectivity index (χ0v) is 13.9. The van der Waals surface area contributed by atoms with E-state index >= 15 is 0 Å². The first kappa shape index (κ1) is 18.9. The fourth-order valence-electron chi connectivity index (χ4n) is 2.23. The summed E-state index contributed by atoms with van der Waals surface area (Å²) in [4.78, 5) is 14.1. The lowest BCUT2D eigenvalue weighted by Gasteiger charge is -2.33. The van der Waals surface area contributed by atoms with Crippen LogP contribution in [-0.4, -0.2) is 51.4 Å². The van der Waals surface area contributed by atoms with Crippen LogP contribution in [0.4, 0.5) is 5.69 Å². The normalized spacial score (nSPS) is 19.3. The molecule has 1 heterocycles. The quantitative estimate of drug-likeness (QED) is 0.709. The summed E-state index contributed by atoms with van der Waals surface area (Å²) in [5, 5.41) is 11.0. The van der Waals surface area contributed by atoms with E-state index in [1.165, 1.54) is 24.3 Å². The summed E-state index contributed by atoms with van der Waals surface area (Å²) < 4.78 is 22.3. The lowest BCUT2D eigenvalue weighted by Crippen LogP contribution is -2.51. The molecule has 1 aliphatic rings. The number of halogens is 1. The van der Waals surface area contributed by atoms with Crippen molar-refractivity contribution in [3.05, 3.63) is 24.3 Å². The predicted molar refractivity (Wildman–Crippen MR) is 87.6 cm³/mol. The Labute approximate surface area is 136 Å². The van der Waals surface area contributed by atoms with E-state index in [9.17, 15) is 13.2 Å². The van der Waals surface area contributed by atoms with E-state index < -0.39 is 10.0 Å². The van der Waals surface area contributed by atoms with Crippen LogP contribution in [0.5, 0.6) is 0 Å². The lowest BCUT2D eigenvalue weighted by molar-refractivity contribution is -0.118. The van der Waals surface area contributed by atoms with Gasteiger partial charge in [0.15, 0.2) is 0 Å². The summed E-state index contributed by atoms with van der Waals surface area (Å²) in [6.07, 6.45) is 0. The highest BCUT2D eigenvalue weighted by Crippen LogP contribution is 2.13. The number of benzene rings is 1. The van der Waals surface area contributed by atoms with E-state index in [2.05, 4.69) is 22.5 Å². The molecule has 0 spiro atoms. The summed E-state index contributed by atoms with van der Waals surface area (Å²) >= 11 is 0. The minimum Gasteiger partial charge on any atom is -0.325 e. The van der Waals surface area contributed by atoms with Gasteiger partial charge in [0.05, 0.1) is 11.4 Å². The van der Waals surface area contributed by atoms with Crippen LogP contribution in [0.25, 0.3) is 0 Å². The number of primary sulfonamides is 1. The number of carbonyl (C=O) groups is 1. The summed E-state index contributed by atoms with van der Waals surface area (Å²) in [7, 11) is -3.71. The number of piperazine rings is 1. The van der Waals surface area contributed by atoms with E-state index in [4.69, 9.17) is 5.14 Å². The highest BCUT2D eigenvalue weighted by molar-refractivity contribution is 7.89. The minimum atomic E-state index is -3.71. The molecule has 0 bridgehead atoms. The van der Waals surface area contributed by atoms with Crippen LogP contribution in [0.15, 0.2) is 29.2 Å². The van der Waals surface area contributed by atoms with Crippen molar-refractivity contribution in [3.8, 4) is 0 Å². The molecule has 1 aliphatic heterocycles. The third-order valence-electron chi connectivity index (χ3n) is 3.45. The second kappa shape index (κ2) is 7.89. The molecular weight excluding hydrogens is 328 g/mol. The van der Waals surface area contributed by atoms with Gasteiger partial charge < -0.3 is 10.6 Å². The van der Waals surface area contributed by atoms with Crippen LogP contribution < -0.4 is 15.8 Å². The van der Waals surface area contributed by atoms with Gasteiger partial charge in [-0.25, -0.2) is 13.6 Å². The molecule has 1 aromatic rings. The predicted octanol–water partition coefficient (Wildman–Crippen LogP) is -0.0120. The molecule has 1 amide bonds. The van der Waals surface area contributed by atoms with E-state index in [0.717, 1.165) is 19.6 Å². The van der Waals surface area contributed by atoms with Gasteiger partial charge in [0.2, 0.25) is 15.9 Å². The van der Waals surface area contributed by atoms with Crippen LogP contribution in [0.3, 0.4) is 0 Å². The van der Waals surface area contributed by atoms with Crippen molar-refractivity contribution in [1.82, 2.24) is 10.2 Å². The molecule has 4 N–H and O–H groups in total. The Balaban J connectivity index is 0.00000242. The van der Waals surface area contributed by atoms with Crippen LogP contribution in [0.1, 0.15) is 6.92 Å². The zero-order chi connectivity index (χ0) is 15.5. The fraction of sp³-hybridized carbons (Fsp3) is 0.462. The van der Waals surface area contributed by atoms with Gasteiger partial charge >= 0.3 is 0 Å². The molecule has 0 radical (unpaired) electrons. The van der Waals surface area contributed by atoms with Crippen molar-refractivity contribution in [2.45, 2.75) is 17.9 Å². The first-order valence-electron chi connectivity index (χ1n) is 6.74. The highest BCUT2D eigenvalue weighted by Gasteiger charge is 2.20. The summed E-state index contributed by atoms with van der Waals surface area (Å²) in [5.41, 5.74) is 0.551. The number of nitrogens with two attached hydrogens (primary N) is 1. The Morgan fingerprint density at radius 1 is 1.41 bits per heavy atom. The number of amides is 1. The highest BCUT2D eigenvalue weighted by atomic mass is 35.5. The van der Waals surface area contributed by atoms with E-state index in [0.29, 0.717) is 18.3 Å². The van der Waals surface area contributed by atoms with Gasteiger partial charge in [-0.05, 0) is 31.2 Å². The Bertz CT molecular complexity index is 606. The number of nitrogens with zero attached hydrogens (tertiary/aromatic N) is 1. The first-order chi connectivity index (χ1) is 9.86. The second-order valence-electron chi connectivity index (χ2n) is 5.14. The van der Waals surface area contributed by atoms with Gasteiger partial charge in [-0.2, -0.15) is 0 Å². The van der Waals surface area contributed by atoms with Gasteiger partial charge in [0.25, 0.3) is 0 Å². The minimum absolute atomic E-state index is 0. The average molecular weight is 349 g/mol. The third-order valence-corrected chi connectivity index (χ3v) is 4.38. The summed E-state index contributed by atoms with van der Waals surface area (Å²) in [6.45, 7) is 4.97. The Morgan fingerprint density at radius 2 is 2.05 bits per heavy atom. The van der Waals surface area contributed by atoms with Crippen LogP contribution in [-0.2, 0) is 14.8 Å². The Hall–Kier alpha value is -1.19. The van der Waals surface area contributed by atoms with Gasteiger partial charge in [-0.15, -0.1) is 12.4 Å². The number of anilines is 1. The molecule has 0 saturated carbocycles. The lowest BCUT2D eigenvalue weighted by atomic mass is 10.2. The van der Waals surface area contributed by atoms with Gasteiger partial charge in [0, 0.05) is 31.4 Å². The maximum absolute atomic E-state index is 12.0. The molecule has 1 aromatic carbocycles. The van der Waals surface area contributed by atoms with Crippen molar-refractivity contribution in [3.63, 3.8) is 0 Å². The Kier molecular flexibility index (Phi) is 6.76. The monoisotopic (exact) mass is 348 g/mol. The maximum Gasteiger partial charge on any atom is 0.238 e. The van der Waals surface area contributed by atoms with Crippen molar-refractivity contribution in [2.24, 2.45) is 5.14 Å². The van der Waals surface area contributed by atoms with Gasteiger partial charge in [0.1, 0.15) is 0 Å². The van der Waals surface area contributed by atoms with Crippen LogP contribution in [0.2, 0.25) is 0 Å². The number of hydrogen-bond acceptors (Lipinski definition) is 5. The molecule has 9 heteroatoms. The molecular formula is C13H21ClN4O3S. The maximum atomic E-state index is 12.0. The van der Waals surface area contributed by atoms with E-state index in [1.807, 2.05) is 0 Å². The van der Waals surface area contributed by atoms with Crippen molar-refractivity contribution < 1.29 is 13.2 Å². The number of carbonyl (C=O) groups excluding carboxylic acids is 1. The van der Waals surface area contributed by atoms with Crippen molar-refractivity contribution >= 4 is 34.0 Å². The smallest absolute Gasteiger partial charge is 0.238 e. The molecule has 22 heavy (non-hydrogen) atoms. The zero-order valence-electron chi connectivity index (χ0n) is 12.3. The SMILES string of the molecule is C[C@@H]1CNCCN1CC(=O)Nc1ccc(S(N)(=O)=O)cc1.Cl. The van der Waals surface area contributed by atoms with E-state index in [-0.39, 0.29) is 23.2 Å².